The summed E-state index contributed by atoms with van der Waals surface area (Å²) in [6.07, 6.45) is 12.6. The molecule has 0 amide bonds. The van der Waals surface area contributed by atoms with Crippen LogP contribution in [0, 0.1) is 46.3 Å². The molecular weight excluding hydrogens is 448 g/mol. The highest BCUT2D eigenvalue weighted by Gasteiger charge is 2.62. The van der Waals surface area contributed by atoms with Crippen molar-refractivity contribution >= 4 is 11.9 Å². The number of carbonyl (C=O) groups excluding carboxylic acids is 2. The van der Waals surface area contributed by atoms with Crippen molar-refractivity contribution in [3.05, 3.63) is 35.9 Å². The first-order valence-corrected chi connectivity index (χ1v) is 14.6. The number of methoxy groups -OCH3 is 1. The van der Waals surface area contributed by atoms with Crippen molar-refractivity contribution in [3.63, 3.8) is 0 Å². The first-order chi connectivity index (χ1) is 17.3. The average Bonchev–Trinajstić information content (AvgIpc) is 3.23. The first-order valence-electron chi connectivity index (χ1n) is 14.6. The van der Waals surface area contributed by atoms with Crippen LogP contribution in [0.5, 0.6) is 0 Å². The van der Waals surface area contributed by atoms with E-state index in [1.165, 1.54) is 45.6 Å². The summed E-state index contributed by atoms with van der Waals surface area (Å²) in [7, 11) is 1.50. The van der Waals surface area contributed by atoms with E-state index < -0.39 is 0 Å². The van der Waals surface area contributed by atoms with Crippen LogP contribution in [0.4, 0.5) is 0 Å². The van der Waals surface area contributed by atoms with Crippen molar-refractivity contribution in [2.45, 2.75) is 97.5 Å². The van der Waals surface area contributed by atoms with Gasteiger partial charge in [0, 0.05) is 6.42 Å². The second-order valence-electron chi connectivity index (χ2n) is 13.1. The van der Waals surface area contributed by atoms with Crippen molar-refractivity contribution in [3.8, 4) is 0 Å². The van der Waals surface area contributed by atoms with Crippen LogP contribution in [0.2, 0.25) is 0 Å². The molecule has 0 radical (unpaired) electrons. The van der Waals surface area contributed by atoms with Gasteiger partial charge in [-0.25, -0.2) is 4.79 Å². The maximum atomic E-state index is 12.7. The predicted octanol–water partition coefficient (Wildman–Crippen LogP) is 7.46. The van der Waals surface area contributed by atoms with Crippen molar-refractivity contribution in [2.24, 2.45) is 46.3 Å². The Kier molecular flexibility index (Phi) is 7.26. The molecule has 4 heteroatoms. The summed E-state index contributed by atoms with van der Waals surface area (Å²) >= 11 is 0. The Hall–Kier alpha value is -1.84. The maximum absolute atomic E-state index is 12.7. The highest BCUT2D eigenvalue weighted by atomic mass is 16.5. The summed E-state index contributed by atoms with van der Waals surface area (Å²) in [5.74, 6) is 4.34. The van der Waals surface area contributed by atoms with Gasteiger partial charge in [0.15, 0.2) is 0 Å². The normalized spacial score (nSPS) is 41.5. The molecule has 9 atom stereocenters. The van der Waals surface area contributed by atoms with Crippen LogP contribution in [-0.2, 0) is 14.3 Å². The molecule has 4 fully saturated rings. The number of ether oxygens (including phenoxy) is 2. The molecule has 1 aromatic rings. The summed E-state index contributed by atoms with van der Waals surface area (Å²) in [6, 6.07) is 9.45. The summed E-state index contributed by atoms with van der Waals surface area (Å²) in [5, 5.41) is 0. The zero-order valence-corrected chi connectivity index (χ0v) is 22.8. The van der Waals surface area contributed by atoms with Crippen molar-refractivity contribution < 1.29 is 19.1 Å². The lowest BCUT2D eigenvalue weighted by Crippen LogP contribution is -2.56. The van der Waals surface area contributed by atoms with E-state index in [1.54, 1.807) is 0 Å². The van der Waals surface area contributed by atoms with Crippen molar-refractivity contribution in [1.82, 2.24) is 0 Å². The molecule has 5 unspecified atom stereocenters. The minimum atomic E-state index is -0.163. The third kappa shape index (κ3) is 4.41. The van der Waals surface area contributed by atoms with E-state index in [4.69, 9.17) is 9.47 Å². The third-order valence-electron chi connectivity index (χ3n) is 11.8. The van der Waals surface area contributed by atoms with Gasteiger partial charge in [0.05, 0.1) is 12.7 Å². The molecule has 4 nitrogen and oxygen atoms in total. The fraction of sp³-hybridized carbons (Fsp3) is 0.750. The molecule has 0 N–H and O–H groups in total. The largest absolute Gasteiger partial charge is 0.469 e. The van der Waals surface area contributed by atoms with Crippen molar-refractivity contribution in [2.75, 3.05) is 7.11 Å². The molecule has 4 saturated carbocycles. The Morgan fingerprint density at radius 3 is 2.50 bits per heavy atom. The number of carbonyl (C=O) groups is 2. The zero-order valence-electron chi connectivity index (χ0n) is 22.8. The van der Waals surface area contributed by atoms with Crippen LogP contribution in [-0.4, -0.2) is 25.2 Å². The van der Waals surface area contributed by atoms with E-state index in [1.807, 2.05) is 30.3 Å². The highest BCUT2D eigenvalue weighted by molar-refractivity contribution is 5.89. The summed E-state index contributed by atoms with van der Waals surface area (Å²) < 4.78 is 10.9. The van der Waals surface area contributed by atoms with Gasteiger partial charge in [-0.2, -0.15) is 0 Å². The van der Waals surface area contributed by atoms with E-state index >= 15 is 0 Å². The van der Waals surface area contributed by atoms with Crippen LogP contribution in [0.1, 0.15) is 102 Å². The molecule has 0 saturated heterocycles. The lowest BCUT2D eigenvalue weighted by molar-refractivity contribution is -0.147. The Morgan fingerprint density at radius 2 is 1.75 bits per heavy atom. The van der Waals surface area contributed by atoms with Crippen LogP contribution in [0.15, 0.2) is 30.3 Å². The average molecular weight is 495 g/mol. The lowest BCUT2D eigenvalue weighted by atomic mass is 9.42. The molecular formula is C32H46O4. The fourth-order valence-corrected chi connectivity index (χ4v) is 9.66. The number of rotatable bonds is 6. The Labute approximate surface area is 217 Å². The Bertz CT molecular complexity index is 943. The van der Waals surface area contributed by atoms with E-state index in [0.29, 0.717) is 28.7 Å². The molecule has 1 aromatic carbocycles. The van der Waals surface area contributed by atoms with Gasteiger partial charge in [0.25, 0.3) is 0 Å². The number of hydrogen-bond donors (Lipinski definition) is 0. The van der Waals surface area contributed by atoms with Gasteiger partial charge in [-0.05, 0) is 123 Å². The molecule has 0 heterocycles. The van der Waals surface area contributed by atoms with Gasteiger partial charge in [0.1, 0.15) is 6.10 Å². The van der Waals surface area contributed by atoms with Crippen LogP contribution in [0.25, 0.3) is 0 Å². The molecule has 0 aliphatic heterocycles. The van der Waals surface area contributed by atoms with Crippen LogP contribution >= 0.6 is 0 Å². The molecule has 0 aromatic heterocycles. The third-order valence-corrected chi connectivity index (χ3v) is 11.8. The van der Waals surface area contributed by atoms with Gasteiger partial charge in [0.2, 0.25) is 0 Å². The Balaban J connectivity index is 1.25. The molecule has 4 aliphatic carbocycles. The summed E-state index contributed by atoms with van der Waals surface area (Å²) in [4.78, 5) is 24.4. The van der Waals surface area contributed by atoms with E-state index in [9.17, 15) is 9.59 Å². The smallest absolute Gasteiger partial charge is 0.338 e. The van der Waals surface area contributed by atoms with Crippen molar-refractivity contribution in [1.29, 1.82) is 0 Å². The Morgan fingerprint density at radius 1 is 0.972 bits per heavy atom. The quantitative estimate of drug-likeness (QED) is 0.385. The number of benzene rings is 1. The van der Waals surface area contributed by atoms with E-state index in [-0.39, 0.29) is 18.0 Å². The molecule has 198 valence electrons. The van der Waals surface area contributed by atoms with Gasteiger partial charge < -0.3 is 9.47 Å². The van der Waals surface area contributed by atoms with Gasteiger partial charge in [-0.15, -0.1) is 0 Å². The maximum Gasteiger partial charge on any atom is 0.338 e. The fourth-order valence-electron chi connectivity index (χ4n) is 9.66. The van der Waals surface area contributed by atoms with Gasteiger partial charge in [-0.3, -0.25) is 4.79 Å². The lowest BCUT2D eigenvalue weighted by Gasteiger charge is -2.63. The second kappa shape index (κ2) is 10.1. The standard InChI is InChI=1S/C32H46O4/c1-21-19-28-26(27-16-14-23(32(21,27)3)11-8-12-29(33)35-4)15-13-24-20-25(17-18-31(24,28)2)36-30(34)22-9-6-5-7-10-22/h5-7,9-10,21,23-28H,8,11-20H2,1-4H3/t21-,23?,24-,25?,26?,27?,28?,31+,32-/m1/s1. The molecule has 36 heavy (non-hydrogen) atoms. The topological polar surface area (TPSA) is 52.6 Å². The first kappa shape index (κ1) is 25.8. The highest BCUT2D eigenvalue weighted by Crippen LogP contribution is 2.69. The van der Waals surface area contributed by atoms with E-state index in [2.05, 4.69) is 20.8 Å². The van der Waals surface area contributed by atoms with Gasteiger partial charge >= 0.3 is 11.9 Å². The van der Waals surface area contributed by atoms with Gasteiger partial charge in [-0.1, -0.05) is 39.0 Å². The minimum Gasteiger partial charge on any atom is -0.469 e. The second-order valence-corrected chi connectivity index (χ2v) is 13.1. The number of hydrogen-bond acceptors (Lipinski definition) is 4. The zero-order chi connectivity index (χ0) is 25.5. The van der Waals surface area contributed by atoms with Crippen LogP contribution < -0.4 is 0 Å². The molecule has 4 aliphatic rings. The predicted molar refractivity (Wildman–Crippen MR) is 141 cm³/mol. The molecule has 0 spiro atoms. The number of esters is 2. The molecule has 0 bridgehead atoms. The summed E-state index contributed by atoms with van der Waals surface area (Å²) in [5.41, 5.74) is 1.44. The monoisotopic (exact) mass is 494 g/mol. The minimum absolute atomic E-state index is 0.0595. The SMILES string of the molecule is COC(=O)CCCC1CCC2C3CC[C@@H]4CC(OC(=O)c5ccccc5)CC[C@]4(C)C3C[C@@H](C)[C@]12C. The summed E-state index contributed by atoms with van der Waals surface area (Å²) in [6.45, 7) is 7.71. The number of fused-ring (bicyclic) bond motifs is 5. The van der Waals surface area contributed by atoms with E-state index in [0.717, 1.165) is 55.3 Å². The molecule has 5 rings (SSSR count). The van der Waals surface area contributed by atoms with Crippen LogP contribution in [0.3, 0.4) is 0 Å².